The van der Waals surface area contributed by atoms with E-state index in [1.807, 2.05) is 24.3 Å². The maximum absolute atomic E-state index is 11.0. The lowest BCUT2D eigenvalue weighted by Gasteiger charge is -2.29. The first-order valence-electron chi connectivity index (χ1n) is 16.9. The van der Waals surface area contributed by atoms with Crippen molar-refractivity contribution < 1.29 is 24.4 Å². The van der Waals surface area contributed by atoms with Gasteiger partial charge in [0.25, 0.3) is 5.01 Å². The molecule has 1 atom stereocenters. The van der Waals surface area contributed by atoms with Gasteiger partial charge in [-0.25, -0.2) is 0 Å². The van der Waals surface area contributed by atoms with Crippen LogP contribution in [0.1, 0.15) is 82.1 Å². The van der Waals surface area contributed by atoms with Crippen LogP contribution in [-0.4, -0.2) is 28.7 Å². The second-order valence-electron chi connectivity index (χ2n) is 12.8. The number of thioether (sulfide) groups is 1. The molecule has 0 radical (unpaired) electrons. The summed E-state index contributed by atoms with van der Waals surface area (Å²) in [6.07, 6.45) is 19.3. The van der Waals surface area contributed by atoms with Crippen molar-refractivity contribution in [2.45, 2.75) is 88.5 Å². The summed E-state index contributed by atoms with van der Waals surface area (Å²) < 4.78 is 3.56. The van der Waals surface area contributed by atoms with E-state index in [1.165, 1.54) is 36.4 Å². The van der Waals surface area contributed by atoms with Crippen LogP contribution in [-0.2, 0) is 16.1 Å². The first-order valence-corrected chi connectivity index (χ1v) is 19.3. The van der Waals surface area contributed by atoms with Crippen LogP contribution in [0, 0.1) is 5.92 Å². The number of nitrogens with zero attached hydrogens (tertiary/aromatic N) is 2. The number of benzene rings is 2. The molecule has 0 fully saturated rings. The molecule has 0 bridgehead atoms. The Bertz CT molecular complexity index is 1830. The second kappa shape index (κ2) is 16.1. The molecule has 2 aliphatic carbocycles. The number of anilines is 1. The van der Waals surface area contributed by atoms with Crippen molar-refractivity contribution in [1.82, 2.24) is 0 Å². The number of unbranched alkanes of at least 4 members (excludes halogenated alkanes) is 4. The Kier molecular flexibility index (Phi) is 11.7. The van der Waals surface area contributed by atoms with Gasteiger partial charge >= 0.3 is 11.9 Å². The maximum atomic E-state index is 11.0. The fourth-order valence-corrected chi connectivity index (χ4v) is 9.45. The van der Waals surface area contributed by atoms with Crippen LogP contribution in [0.3, 0.4) is 0 Å². The number of aromatic nitrogens is 1. The molecule has 1 aromatic heterocycles. The Balaban J connectivity index is 1.23. The summed E-state index contributed by atoms with van der Waals surface area (Å²) in [6.45, 7) is 1.66. The van der Waals surface area contributed by atoms with Gasteiger partial charge in [0.15, 0.2) is 6.54 Å². The van der Waals surface area contributed by atoms with Crippen molar-refractivity contribution in [2.24, 2.45) is 5.92 Å². The summed E-state index contributed by atoms with van der Waals surface area (Å²) in [6, 6.07) is 12.2. The zero-order chi connectivity index (χ0) is 33.6. The number of hydrogen-bond donors (Lipinski definition) is 2. The highest BCUT2D eigenvalue weighted by Crippen LogP contribution is 2.48. The number of halogens is 2. The number of thiazole rings is 1. The molecule has 6 rings (SSSR count). The van der Waals surface area contributed by atoms with Gasteiger partial charge in [0, 0.05) is 52.9 Å². The summed E-state index contributed by atoms with van der Waals surface area (Å²) in [5.41, 5.74) is 6.34. The molecular formula is C38H41Cl2N2O4S2+. The topological polar surface area (TPSA) is 81.7 Å². The van der Waals surface area contributed by atoms with Gasteiger partial charge < -0.3 is 15.1 Å². The molecule has 2 N–H and O–H groups in total. The summed E-state index contributed by atoms with van der Waals surface area (Å²) >= 11 is 16.4. The van der Waals surface area contributed by atoms with Gasteiger partial charge in [-0.05, 0) is 110 Å². The van der Waals surface area contributed by atoms with Crippen molar-refractivity contribution in [3.63, 3.8) is 0 Å². The third-order valence-electron chi connectivity index (χ3n) is 9.29. The smallest absolute Gasteiger partial charge is 0.303 e. The zero-order valence-corrected chi connectivity index (χ0v) is 30.1. The standard InChI is InChI=1S/C38H40Cl2N2O4S2/c39-29-13-15-33-31(23-29)41(17-5-1-3-7-37(43)44)35(47-33)21-25-9-11-27-12-10-26(20-28(27)19-25)22-36-42(18-6-2-4-8-38(45)46)32-24-30(40)14-16-34(32)48-36/h13-16,19-24,27H,1-12,17-18H2,(H-,43,44,45,46)/p+1. The average Bonchev–Trinajstić information content (AvgIpc) is 3.56. The molecule has 6 nitrogen and oxygen atoms in total. The van der Waals surface area contributed by atoms with Gasteiger partial charge in [0.1, 0.15) is 4.70 Å². The molecule has 3 aromatic rings. The molecule has 2 aromatic carbocycles. The molecule has 1 unspecified atom stereocenters. The Morgan fingerprint density at radius 2 is 1.60 bits per heavy atom. The highest BCUT2D eigenvalue weighted by molar-refractivity contribution is 8.03. The summed E-state index contributed by atoms with van der Waals surface area (Å²) in [5.74, 6) is -0.899. The van der Waals surface area contributed by atoms with E-state index in [-0.39, 0.29) is 12.8 Å². The van der Waals surface area contributed by atoms with Gasteiger partial charge in [-0.1, -0.05) is 64.9 Å². The Hall–Kier alpha value is -3.04. The van der Waals surface area contributed by atoms with E-state index in [2.05, 4.69) is 45.9 Å². The lowest BCUT2D eigenvalue weighted by molar-refractivity contribution is -0.669. The fourth-order valence-electron chi connectivity index (χ4n) is 6.82. The molecule has 10 heteroatoms. The number of carboxylic acids is 2. The van der Waals surface area contributed by atoms with Crippen molar-refractivity contribution in [2.75, 3.05) is 11.4 Å². The van der Waals surface area contributed by atoms with Crippen LogP contribution < -0.4 is 9.47 Å². The van der Waals surface area contributed by atoms with E-state index in [1.54, 1.807) is 23.1 Å². The maximum Gasteiger partial charge on any atom is 0.303 e. The largest absolute Gasteiger partial charge is 0.481 e. The van der Waals surface area contributed by atoms with Crippen LogP contribution >= 0.6 is 46.3 Å². The van der Waals surface area contributed by atoms with Crippen molar-refractivity contribution in [3.05, 3.63) is 91.4 Å². The first-order chi connectivity index (χ1) is 23.2. The summed E-state index contributed by atoms with van der Waals surface area (Å²) in [5, 5.41) is 21.9. The van der Waals surface area contributed by atoms with Crippen molar-refractivity contribution >= 4 is 80.2 Å². The van der Waals surface area contributed by atoms with Crippen LogP contribution in [0.15, 0.2) is 81.3 Å². The number of aryl methyl sites for hydroxylation is 1. The van der Waals surface area contributed by atoms with Gasteiger partial charge in [-0.15, -0.1) is 0 Å². The van der Waals surface area contributed by atoms with Crippen LogP contribution in [0.5, 0.6) is 0 Å². The quantitative estimate of drug-likeness (QED) is 0.127. The minimum Gasteiger partial charge on any atom is -0.481 e. The Morgan fingerprint density at radius 3 is 2.40 bits per heavy atom. The van der Waals surface area contributed by atoms with Gasteiger partial charge in [-0.3, -0.25) is 9.59 Å². The molecule has 0 amide bonds. The number of allylic oxidation sites excluding steroid dienone is 6. The van der Waals surface area contributed by atoms with Gasteiger partial charge in [0.05, 0.1) is 10.7 Å². The molecule has 1 aliphatic heterocycles. The molecular weight excluding hydrogens is 683 g/mol. The van der Waals surface area contributed by atoms with E-state index in [0.29, 0.717) is 18.8 Å². The number of carboxylic acid groups (broad SMARTS) is 2. The predicted octanol–water partition coefficient (Wildman–Crippen LogP) is 10.7. The Labute approximate surface area is 300 Å². The van der Waals surface area contributed by atoms with Crippen molar-refractivity contribution in [1.29, 1.82) is 0 Å². The third-order valence-corrected chi connectivity index (χ3v) is 12.0. The van der Waals surface area contributed by atoms with E-state index >= 15 is 0 Å². The fraction of sp³-hybridized carbons (Fsp3) is 0.395. The monoisotopic (exact) mass is 723 g/mol. The van der Waals surface area contributed by atoms with Gasteiger partial charge in [0.2, 0.25) is 5.52 Å². The molecule has 252 valence electrons. The molecule has 0 saturated heterocycles. The second-order valence-corrected chi connectivity index (χ2v) is 15.8. The van der Waals surface area contributed by atoms with E-state index in [4.69, 9.17) is 33.4 Å². The normalized spacial score (nSPS) is 19.0. The van der Waals surface area contributed by atoms with Crippen LogP contribution in [0.4, 0.5) is 5.69 Å². The van der Waals surface area contributed by atoms with Crippen molar-refractivity contribution in [3.8, 4) is 0 Å². The number of hydrogen-bond acceptors (Lipinski definition) is 5. The van der Waals surface area contributed by atoms with Gasteiger partial charge in [-0.2, -0.15) is 4.57 Å². The molecule has 0 saturated carbocycles. The highest BCUT2D eigenvalue weighted by Gasteiger charge is 2.28. The molecule has 0 spiro atoms. The van der Waals surface area contributed by atoms with E-state index in [9.17, 15) is 9.59 Å². The first kappa shape index (κ1) is 34.8. The minimum absolute atomic E-state index is 0.214. The average molecular weight is 725 g/mol. The highest BCUT2D eigenvalue weighted by atomic mass is 35.5. The predicted molar refractivity (Wildman–Crippen MR) is 198 cm³/mol. The van der Waals surface area contributed by atoms with Crippen LogP contribution in [0.2, 0.25) is 10.0 Å². The third kappa shape index (κ3) is 8.75. The van der Waals surface area contributed by atoms with Crippen LogP contribution in [0.25, 0.3) is 16.3 Å². The number of carbonyl (C=O) groups is 2. The number of aliphatic carboxylic acids is 2. The summed E-state index contributed by atoms with van der Waals surface area (Å²) in [4.78, 5) is 25.5. The number of rotatable bonds is 14. The molecule has 48 heavy (non-hydrogen) atoms. The zero-order valence-electron chi connectivity index (χ0n) is 26.9. The van der Waals surface area contributed by atoms with E-state index < -0.39 is 11.9 Å². The minimum atomic E-state index is -0.736. The molecule has 3 aliphatic rings. The number of fused-ring (bicyclic) bond motifs is 3. The summed E-state index contributed by atoms with van der Waals surface area (Å²) in [7, 11) is 0. The lowest BCUT2D eigenvalue weighted by Crippen LogP contribution is -2.35. The van der Waals surface area contributed by atoms with E-state index in [0.717, 1.165) is 85.7 Å². The Morgan fingerprint density at radius 1 is 0.875 bits per heavy atom. The lowest BCUT2D eigenvalue weighted by atomic mass is 9.77. The molecule has 2 heterocycles. The SMILES string of the molecule is O=C(O)CCCCCN1/C(=C/C2=CC3=C/C(=C/c4sc5ccc(Cl)cc5[n+]4CCCCCC(=O)O)CCC3CC2)Sc2ccc(Cl)cc21.